The second-order valence-electron chi connectivity index (χ2n) is 5.17. The van der Waals surface area contributed by atoms with Gasteiger partial charge in [-0.3, -0.25) is 4.79 Å². The van der Waals surface area contributed by atoms with Gasteiger partial charge in [0.1, 0.15) is 0 Å². The van der Waals surface area contributed by atoms with Crippen molar-refractivity contribution in [2.45, 2.75) is 38.8 Å². The van der Waals surface area contributed by atoms with E-state index in [1.54, 1.807) is 31.4 Å². The molecule has 100 valence electrons. The van der Waals surface area contributed by atoms with Crippen LogP contribution in [0.1, 0.15) is 37.6 Å². The molecule has 0 aliphatic heterocycles. The summed E-state index contributed by atoms with van der Waals surface area (Å²) in [5.74, 6) is -0.110. The molecule has 0 aromatic heterocycles. The Morgan fingerprint density at radius 2 is 2.17 bits per heavy atom. The molecule has 1 rings (SSSR count). The summed E-state index contributed by atoms with van der Waals surface area (Å²) < 4.78 is 5.34. The summed E-state index contributed by atoms with van der Waals surface area (Å²) in [7, 11) is 1.67. The number of benzene rings is 1. The fraction of sp³-hybridized carbons (Fsp3) is 0.500. The number of nitrogens with one attached hydrogen (secondary N) is 1. The number of methoxy groups -OCH3 is 1. The van der Waals surface area contributed by atoms with Gasteiger partial charge in [0, 0.05) is 24.4 Å². The molecule has 1 amide bonds. The Balaban J connectivity index is 2.60. The van der Waals surface area contributed by atoms with Crippen molar-refractivity contribution >= 4 is 11.6 Å². The van der Waals surface area contributed by atoms with Crippen LogP contribution in [0.2, 0.25) is 0 Å². The molecule has 3 N–H and O–H groups in total. The Labute approximate surface area is 109 Å². The van der Waals surface area contributed by atoms with Crippen molar-refractivity contribution < 1.29 is 9.53 Å². The van der Waals surface area contributed by atoms with Crippen molar-refractivity contribution in [1.82, 2.24) is 5.32 Å². The van der Waals surface area contributed by atoms with Gasteiger partial charge in [-0.25, -0.2) is 0 Å². The van der Waals surface area contributed by atoms with Crippen LogP contribution in [0.3, 0.4) is 0 Å². The maximum Gasteiger partial charge on any atom is 0.251 e. The Bertz CT molecular complexity index is 416. The van der Waals surface area contributed by atoms with Crippen molar-refractivity contribution in [1.29, 1.82) is 0 Å². The van der Waals surface area contributed by atoms with Gasteiger partial charge in [0.15, 0.2) is 0 Å². The third kappa shape index (κ3) is 4.37. The van der Waals surface area contributed by atoms with E-state index in [-0.39, 0.29) is 17.6 Å². The highest BCUT2D eigenvalue weighted by Gasteiger charge is 2.21. The molecular formula is C14H22N2O2. The zero-order chi connectivity index (χ0) is 13.8. The lowest BCUT2D eigenvalue weighted by molar-refractivity contribution is 0.00885. The Morgan fingerprint density at radius 1 is 1.50 bits per heavy atom. The molecule has 0 bridgehead atoms. The summed E-state index contributed by atoms with van der Waals surface area (Å²) in [4.78, 5) is 12.0. The molecule has 0 heterocycles. The Hall–Kier alpha value is -1.55. The largest absolute Gasteiger partial charge is 0.399 e. The average Bonchev–Trinajstić information content (AvgIpc) is 2.28. The van der Waals surface area contributed by atoms with E-state index in [0.29, 0.717) is 11.3 Å². The van der Waals surface area contributed by atoms with E-state index in [4.69, 9.17) is 10.5 Å². The number of anilines is 1. The van der Waals surface area contributed by atoms with Crippen molar-refractivity contribution in [2.24, 2.45) is 0 Å². The molecule has 1 aromatic carbocycles. The van der Waals surface area contributed by atoms with Gasteiger partial charge in [0.2, 0.25) is 0 Å². The SMILES string of the molecule is COC(C)(C)CC(C)NC(=O)c1cccc(N)c1. The molecule has 1 unspecified atom stereocenters. The number of ether oxygens (including phenoxy) is 1. The van der Waals surface area contributed by atoms with Crippen LogP contribution in [0, 0.1) is 0 Å². The monoisotopic (exact) mass is 250 g/mol. The highest BCUT2D eigenvalue weighted by molar-refractivity contribution is 5.95. The molecular weight excluding hydrogens is 228 g/mol. The van der Waals surface area contributed by atoms with Gasteiger partial charge >= 0.3 is 0 Å². The third-order valence-electron chi connectivity index (χ3n) is 2.88. The number of hydrogen-bond acceptors (Lipinski definition) is 3. The minimum Gasteiger partial charge on any atom is -0.399 e. The first-order valence-electron chi connectivity index (χ1n) is 6.05. The fourth-order valence-corrected chi connectivity index (χ4v) is 1.86. The molecule has 4 nitrogen and oxygen atoms in total. The lowest BCUT2D eigenvalue weighted by Crippen LogP contribution is -2.38. The summed E-state index contributed by atoms with van der Waals surface area (Å²) in [6.07, 6.45) is 0.748. The first kappa shape index (κ1) is 14.5. The Kier molecular flexibility index (Phi) is 4.73. The van der Waals surface area contributed by atoms with E-state index in [1.807, 2.05) is 20.8 Å². The van der Waals surface area contributed by atoms with Gasteiger partial charge in [0.25, 0.3) is 5.91 Å². The molecule has 0 saturated heterocycles. The van der Waals surface area contributed by atoms with Crippen molar-refractivity contribution in [3.05, 3.63) is 29.8 Å². The highest BCUT2D eigenvalue weighted by Crippen LogP contribution is 2.16. The molecule has 4 heteroatoms. The minimum absolute atomic E-state index is 0.0360. The van der Waals surface area contributed by atoms with Gasteiger partial charge in [-0.1, -0.05) is 6.07 Å². The maximum atomic E-state index is 12.0. The van der Waals surface area contributed by atoms with Gasteiger partial charge in [-0.2, -0.15) is 0 Å². The fourth-order valence-electron chi connectivity index (χ4n) is 1.86. The van der Waals surface area contributed by atoms with Gasteiger partial charge in [-0.15, -0.1) is 0 Å². The lowest BCUT2D eigenvalue weighted by Gasteiger charge is -2.27. The third-order valence-corrected chi connectivity index (χ3v) is 2.88. The number of nitrogens with two attached hydrogens (primary N) is 1. The first-order chi connectivity index (χ1) is 8.34. The van der Waals surface area contributed by atoms with Crippen LogP contribution in [0.25, 0.3) is 0 Å². The second kappa shape index (κ2) is 5.87. The summed E-state index contributed by atoms with van der Waals surface area (Å²) >= 11 is 0. The van der Waals surface area contributed by atoms with Crippen molar-refractivity contribution in [2.75, 3.05) is 12.8 Å². The molecule has 1 atom stereocenters. The van der Waals surface area contributed by atoms with Crippen LogP contribution in [0.15, 0.2) is 24.3 Å². The van der Waals surface area contributed by atoms with Gasteiger partial charge in [0.05, 0.1) is 5.60 Å². The Morgan fingerprint density at radius 3 is 2.72 bits per heavy atom. The molecule has 0 saturated carbocycles. The topological polar surface area (TPSA) is 64.3 Å². The quantitative estimate of drug-likeness (QED) is 0.787. The summed E-state index contributed by atoms with van der Waals surface area (Å²) in [6, 6.07) is 6.99. The molecule has 0 aliphatic carbocycles. The van der Waals surface area contributed by atoms with Crippen LogP contribution in [-0.2, 0) is 4.74 Å². The lowest BCUT2D eigenvalue weighted by atomic mass is 9.99. The smallest absolute Gasteiger partial charge is 0.251 e. The number of nitrogen functional groups attached to an aromatic ring is 1. The standard InChI is InChI=1S/C14H22N2O2/c1-10(9-14(2,3)18-4)16-13(17)11-6-5-7-12(15)8-11/h5-8,10H,9,15H2,1-4H3,(H,16,17). The molecule has 0 fully saturated rings. The number of amides is 1. The predicted octanol–water partition coefficient (Wildman–Crippen LogP) is 2.20. The average molecular weight is 250 g/mol. The summed E-state index contributed by atoms with van der Waals surface area (Å²) in [5.41, 5.74) is 6.57. The molecule has 1 aromatic rings. The van der Waals surface area contributed by atoms with E-state index in [1.165, 1.54) is 0 Å². The first-order valence-corrected chi connectivity index (χ1v) is 6.05. The number of carbonyl (C=O) groups is 1. The zero-order valence-electron chi connectivity index (χ0n) is 11.5. The van der Waals surface area contributed by atoms with E-state index >= 15 is 0 Å². The zero-order valence-corrected chi connectivity index (χ0v) is 11.5. The van der Waals surface area contributed by atoms with E-state index < -0.39 is 0 Å². The van der Waals surface area contributed by atoms with Crippen LogP contribution in [0.5, 0.6) is 0 Å². The van der Waals surface area contributed by atoms with Crippen LogP contribution in [-0.4, -0.2) is 24.7 Å². The maximum absolute atomic E-state index is 12.0. The molecule has 0 aliphatic rings. The normalized spacial score (nSPS) is 13.1. The van der Waals surface area contributed by atoms with E-state index in [9.17, 15) is 4.79 Å². The predicted molar refractivity (Wildman–Crippen MR) is 73.5 cm³/mol. The molecule has 18 heavy (non-hydrogen) atoms. The van der Waals surface area contributed by atoms with E-state index in [2.05, 4.69) is 5.32 Å². The van der Waals surface area contributed by atoms with E-state index in [0.717, 1.165) is 6.42 Å². The van der Waals surface area contributed by atoms with Gasteiger partial charge in [-0.05, 0) is 45.4 Å². The summed E-state index contributed by atoms with van der Waals surface area (Å²) in [6.45, 7) is 5.96. The molecule has 0 radical (unpaired) electrons. The second-order valence-corrected chi connectivity index (χ2v) is 5.17. The minimum atomic E-state index is -0.248. The van der Waals surface area contributed by atoms with Gasteiger partial charge < -0.3 is 15.8 Å². The van der Waals surface area contributed by atoms with Crippen molar-refractivity contribution in [3.8, 4) is 0 Å². The number of rotatable bonds is 5. The van der Waals surface area contributed by atoms with Crippen LogP contribution in [0.4, 0.5) is 5.69 Å². The van der Waals surface area contributed by atoms with Crippen molar-refractivity contribution in [3.63, 3.8) is 0 Å². The van der Waals surface area contributed by atoms with Crippen LogP contribution >= 0.6 is 0 Å². The highest BCUT2D eigenvalue weighted by atomic mass is 16.5. The van der Waals surface area contributed by atoms with Crippen LogP contribution < -0.4 is 11.1 Å². The number of carbonyl (C=O) groups excluding carboxylic acids is 1. The summed E-state index contributed by atoms with van der Waals surface area (Å²) in [5, 5.41) is 2.94. The molecule has 0 spiro atoms. The number of hydrogen-bond donors (Lipinski definition) is 2.